The fourth-order valence-corrected chi connectivity index (χ4v) is 2.29. The van der Waals surface area contributed by atoms with E-state index in [0.717, 1.165) is 23.0 Å². The van der Waals surface area contributed by atoms with E-state index in [9.17, 15) is 18.0 Å². The maximum Gasteiger partial charge on any atom is 0.416 e. The maximum absolute atomic E-state index is 12.7. The first-order chi connectivity index (χ1) is 11.9. The van der Waals surface area contributed by atoms with Crippen LogP contribution in [0.2, 0.25) is 0 Å². The summed E-state index contributed by atoms with van der Waals surface area (Å²) in [6.45, 7) is -0.142. The standard InChI is InChI=1S/C17H13F3N4O/c18-17(19,20)11-4-3-5-12(8-11)24-15(25)9-21-16-13-6-1-2-7-14(13)22-10-23-16/h1-8,10H,9H2,(H,24,25)(H,21,22,23). The molecule has 0 aliphatic rings. The number of anilines is 2. The van der Waals surface area contributed by atoms with Crippen molar-refractivity contribution in [2.24, 2.45) is 0 Å². The van der Waals surface area contributed by atoms with Gasteiger partial charge in [-0.15, -0.1) is 0 Å². The summed E-state index contributed by atoms with van der Waals surface area (Å²) in [7, 11) is 0. The molecule has 1 amide bonds. The first-order valence-corrected chi connectivity index (χ1v) is 7.34. The summed E-state index contributed by atoms with van der Waals surface area (Å²) in [5, 5.41) is 6.04. The first kappa shape index (κ1) is 16.7. The molecule has 5 nitrogen and oxygen atoms in total. The molecule has 1 aromatic heterocycles. The molecule has 0 saturated carbocycles. The zero-order valence-electron chi connectivity index (χ0n) is 12.8. The van der Waals surface area contributed by atoms with Gasteiger partial charge in [-0.25, -0.2) is 9.97 Å². The molecule has 0 radical (unpaired) electrons. The van der Waals surface area contributed by atoms with E-state index in [1.165, 1.54) is 18.5 Å². The lowest BCUT2D eigenvalue weighted by atomic mass is 10.2. The molecule has 0 fully saturated rings. The van der Waals surface area contributed by atoms with E-state index in [1.54, 1.807) is 0 Å². The Morgan fingerprint density at radius 2 is 1.84 bits per heavy atom. The van der Waals surface area contributed by atoms with Crippen LogP contribution < -0.4 is 10.6 Å². The summed E-state index contributed by atoms with van der Waals surface area (Å²) in [5.41, 5.74) is -0.0208. The Hall–Kier alpha value is -3.16. The SMILES string of the molecule is O=C(CNc1ncnc2ccccc12)Nc1cccc(C(F)(F)F)c1. The monoisotopic (exact) mass is 346 g/mol. The summed E-state index contributed by atoms with van der Waals surface area (Å²) in [4.78, 5) is 20.2. The van der Waals surface area contributed by atoms with Crippen LogP contribution in [0.4, 0.5) is 24.7 Å². The van der Waals surface area contributed by atoms with Crippen molar-refractivity contribution >= 4 is 28.3 Å². The van der Waals surface area contributed by atoms with Gasteiger partial charge in [0, 0.05) is 11.1 Å². The number of carbonyl (C=O) groups excluding carboxylic acids is 1. The lowest BCUT2D eigenvalue weighted by Crippen LogP contribution is -2.22. The second kappa shape index (κ2) is 6.76. The molecule has 0 spiro atoms. The average Bonchev–Trinajstić information content (AvgIpc) is 2.59. The van der Waals surface area contributed by atoms with Gasteiger partial charge in [-0.2, -0.15) is 13.2 Å². The highest BCUT2D eigenvalue weighted by atomic mass is 19.4. The number of nitrogens with zero attached hydrogens (tertiary/aromatic N) is 2. The number of alkyl halides is 3. The molecule has 1 heterocycles. The number of aromatic nitrogens is 2. The smallest absolute Gasteiger partial charge is 0.360 e. The van der Waals surface area contributed by atoms with Crippen molar-refractivity contribution < 1.29 is 18.0 Å². The van der Waals surface area contributed by atoms with Crippen molar-refractivity contribution in [1.29, 1.82) is 0 Å². The van der Waals surface area contributed by atoms with E-state index >= 15 is 0 Å². The van der Waals surface area contributed by atoms with Gasteiger partial charge < -0.3 is 10.6 Å². The number of halogens is 3. The van der Waals surface area contributed by atoms with Crippen LogP contribution in [0.5, 0.6) is 0 Å². The Morgan fingerprint density at radius 3 is 2.64 bits per heavy atom. The van der Waals surface area contributed by atoms with E-state index in [-0.39, 0.29) is 12.2 Å². The van der Waals surface area contributed by atoms with Gasteiger partial charge in [0.2, 0.25) is 5.91 Å². The number of hydrogen-bond donors (Lipinski definition) is 2. The van der Waals surface area contributed by atoms with Crippen molar-refractivity contribution in [2.45, 2.75) is 6.18 Å². The summed E-state index contributed by atoms with van der Waals surface area (Å²) in [6.07, 6.45) is -3.09. The van der Waals surface area contributed by atoms with Crippen molar-refractivity contribution in [3.05, 3.63) is 60.4 Å². The predicted molar refractivity (Wildman–Crippen MR) is 88.1 cm³/mol. The number of fused-ring (bicyclic) bond motifs is 1. The molecule has 128 valence electrons. The van der Waals surface area contributed by atoms with Gasteiger partial charge in [0.05, 0.1) is 17.6 Å². The molecule has 25 heavy (non-hydrogen) atoms. The number of carbonyl (C=O) groups is 1. The maximum atomic E-state index is 12.7. The van der Waals surface area contributed by atoms with Gasteiger partial charge in [0.1, 0.15) is 12.1 Å². The van der Waals surface area contributed by atoms with Crippen LogP contribution >= 0.6 is 0 Å². The van der Waals surface area contributed by atoms with Gasteiger partial charge in [0.25, 0.3) is 0 Å². The minimum atomic E-state index is -4.46. The molecule has 0 atom stereocenters. The third-order valence-corrected chi connectivity index (χ3v) is 3.43. The normalized spacial score (nSPS) is 11.3. The lowest BCUT2D eigenvalue weighted by molar-refractivity contribution is -0.137. The van der Waals surface area contributed by atoms with E-state index in [1.807, 2.05) is 24.3 Å². The summed E-state index contributed by atoms with van der Waals surface area (Å²) in [6, 6.07) is 11.7. The van der Waals surface area contributed by atoms with Crippen LogP contribution in [0.25, 0.3) is 10.9 Å². The Morgan fingerprint density at radius 1 is 1.04 bits per heavy atom. The number of benzene rings is 2. The Labute approximate surface area is 140 Å². The quantitative estimate of drug-likeness (QED) is 0.756. The molecule has 2 aromatic carbocycles. The molecule has 3 rings (SSSR count). The third-order valence-electron chi connectivity index (χ3n) is 3.43. The highest BCUT2D eigenvalue weighted by Gasteiger charge is 2.30. The third kappa shape index (κ3) is 4.03. The van der Waals surface area contributed by atoms with E-state index in [2.05, 4.69) is 20.6 Å². The number of amides is 1. The fourth-order valence-electron chi connectivity index (χ4n) is 2.29. The average molecular weight is 346 g/mol. The molecule has 0 bridgehead atoms. The van der Waals surface area contributed by atoms with Crippen molar-refractivity contribution in [2.75, 3.05) is 17.2 Å². The second-order valence-corrected chi connectivity index (χ2v) is 5.22. The van der Waals surface area contributed by atoms with Crippen LogP contribution in [0, 0.1) is 0 Å². The van der Waals surface area contributed by atoms with E-state index in [4.69, 9.17) is 0 Å². The van der Waals surface area contributed by atoms with Crippen LogP contribution in [-0.4, -0.2) is 22.4 Å². The second-order valence-electron chi connectivity index (χ2n) is 5.22. The molecule has 0 saturated heterocycles. The Kier molecular flexibility index (Phi) is 4.51. The van der Waals surface area contributed by atoms with Crippen LogP contribution in [0.15, 0.2) is 54.9 Å². The number of hydrogen-bond acceptors (Lipinski definition) is 4. The van der Waals surface area contributed by atoms with E-state index in [0.29, 0.717) is 5.82 Å². The number of para-hydroxylation sites is 1. The lowest BCUT2D eigenvalue weighted by Gasteiger charge is -2.11. The molecule has 0 aliphatic carbocycles. The topological polar surface area (TPSA) is 66.9 Å². The molecule has 8 heteroatoms. The zero-order valence-corrected chi connectivity index (χ0v) is 12.8. The molecule has 0 unspecified atom stereocenters. The van der Waals surface area contributed by atoms with Crippen LogP contribution in [0.3, 0.4) is 0 Å². The van der Waals surface area contributed by atoms with Crippen molar-refractivity contribution in [3.8, 4) is 0 Å². The Bertz CT molecular complexity index is 906. The highest BCUT2D eigenvalue weighted by molar-refractivity contribution is 5.95. The highest BCUT2D eigenvalue weighted by Crippen LogP contribution is 2.30. The number of nitrogens with one attached hydrogen (secondary N) is 2. The largest absolute Gasteiger partial charge is 0.416 e. The minimum absolute atomic E-state index is 0.0779. The van der Waals surface area contributed by atoms with Crippen LogP contribution in [0.1, 0.15) is 5.56 Å². The molecular weight excluding hydrogens is 333 g/mol. The molecule has 2 N–H and O–H groups in total. The van der Waals surface area contributed by atoms with Gasteiger partial charge >= 0.3 is 6.18 Å². The predicted octanol–water partition coefficient (Wildman–Crippen LogP) is 3.70. The molecular formula is C17H13F3N4O. The summed E-state index contributed by atoms with van der Waals surface area (Å²) in [5.74, 6) is -0.00758. The fraction of sp³-hybridized carbons (Fsp3) is 0.118. The number of rotatable bonds is 4. The van der Waals surface area contributed by atoms with E-state index < -0.39 is 17.6 Å². The molecule has 3 aromatic rings. The van der Waals surface area contributed by atoms with Gasteiger partial charge in [0.15, 0.2) is 0 Å². The molecule has 0 aliphatic heterocycles. The van der Waals surface area contributed by atoms with Gasteiger partial charge in [-0.1, -0.05) is 18.2 Å². The van der Waals surface area contributed by atoms with Crippen molar-refractivity contribution in [1.82, 2.24) is 9.97 Å². The summed E-state index contributed by atoms with van der Waals surface area (Å²) < 4.78 is 38.1. The van der Waals surface area contributed by atoms with Crippen molar-refractivity contribution in [3.63, 3.8) is 0 Å². The van der Waals surface area contributed by atoms with Crippen LogP contribution in [-0.2, 0) is 11.0 Å². The van der Waals surface area contributed by atoms with Gasteiger partial charge in [-0.3, -0.25) is 4.79 Å². The minimum Gasteiger partial charge on any atom is -0.360 e. The first-order valence-electron chi connectivity index (χ1n) is 7.34. The summed E-state index contributed by atoms with van der Waals surface area (Å²) >= 11 is 0. The Balaban J connectivity index is 1.67. The zero-order chi connectivity index (χ0) is 17.9. The van der Waals surface area contributed by atoms with Gasteiger partial charge in [-0.05, 0) is 30.3 Å².